The lowest BCUT2D eigenvalue weighted by molar-refractivity contribution is -0.119. The summed E-state index contributed by atoms with van der Waals surface area (Å²) < 4.78 is 1.04. The van der Waals surface area contributed by atoms with Crippen LogP contribution in [0.5, 0.6) is 0 Å². The Bertz CT molecular complexity index is 431. The van der Waals surface area contributed by atoms with E-state index in [1.165, 1.54) is 0 Å². The first-order valence-electron chi connectivity index (χ1n) is 7.00. The Morgan fingerprint density at radius 3 is 2.25 bits per heavy atom. The average molecular weight is 337 g/mol. The fourth-order valence-electron chi connectivity index (χ4n) is 1.90. The van der Waals surface area contributed by atoms with Crippen LogP contribution in [0.25, 0.3) is 5.57 Å². The predicted octanol–water partition coefficient (Wildman–Crippen LogP) is 6.05. The van der Waals surface area contributed by atoms with Crippen molar-refractivity contribution < 1.29 is 4.79 Å². The maximum Gasteiger partial charge on any atom is 0.137 e. The van der Waals surface area contributed by atoms with Crippen molar-refractivity contribution in [1.29, 1.82) is 0 Å². The summed E-state index contributed by atoms with van der Waals surface area (Å²) in [6, 6.07) is 7.98. The zero-order valence-corrected chi connectivity index (χ0v) is 14.4. The lowest BCUT2D eigenvalue weighted by Crippen LogP contribution is -2.12. The maximum absolute atomic E-state index is 11.7. The Morgan fingerprint density at radius 1 is 1.35 bits per heavy atom. The van der Waals surface area contributed by atoms with E-state index in [4.69, 9.17) is 0 Å². The monoisotopic (exact) mass is 336 g/mol. The highest BCUT2D eigenvalue weighted by atomic mass is 79.9. The molecule has 0 radical (unpaired) electrons. The SMILES string of the molecule is C=C(c1ccc(Br)cc1)C(CCCC)C(C)=O.C=CC. The van der Waals surface area contributed by atoms with Crippen LogP contribution in [0.1, 0.15) is 45.6 Å². The summed E-state index contributed by atoms with van der Waals surface area (Å²) in [5.74, 6) is 0.183. The number of halogens is 1. The van der Waals surface area contributed by atoms with Gasteiger partial charge in [0.15, 0.2) is 0 Å². The largest absolute Gasteiger partial charge is 0.299 e. The molecule has 0 heterocycles. The van der Waals surface area contributed by atoms with Gasteiger partial charge >= 0.3 is 0 Å². The summed E-state index contributed by atoms with van der Waals surface area (Å²) in [4.78, 5) is 11.7. The molecule has 1 atom stereocenters. The predicted molar refractivity (Wildman–Crippen MR) is 92.7 cm³/mol. The molecule has 0 aromatic heterocycles. The number of carbonyl (C=O) groups excluding carboxylic acids is 1. The van der Waals surface area contributed by atoms with E-state index < -0.39 is 0 Å². The normalized spacial score (nSPS) is 11.0. The van der Waals surface area contributed by atoms with E-state index in [9.17, 15) is 4.79 Å². The summed E-state index contributed by atoms with van der Waals surface area (Å²) in [5, 5.41) is 0. The molecule has 0 fully saturated rings. The van der Waals surface area contributed by atoms with Crippen molar-refractivity contribution in [3.8, 4) is 0 Å². The van der Waals surface area contributed by atoms with Crippen LogP contribution in [0.15, 0.2) is 48.0 Å². The number of ketones is 1. The highest BCUT2D eigenvalue weighted by Gasteiger charge is 2.18. The van der Waals surface area contributed by atoms with Crippen molar-refractivity contribution in [2.75, 3.05) is 0 Å². The molecule has 1 aromatic carbocycles. The molecule has 2 heteroatoms. The van der Waals surface area contributed by atoms with E-state index in [-0.39, 0.29) is 11.7 Å². The van der Waals surface area contributed by atoms with Gasteiger partial charge in [0.25, 0.3) is 0 Å². The summed E-state index contributed by atoms with van der Waals surface area (Å²) in [7, 11) is 0. The van der Waals surface area contributed by atoms with Gasteiger partial charge in [0.05, 0.1) is 0 Å². The Kier molecular flexibility index (Phi) is 10.0. The zero-order chi connectivity index (χ0) is 15.5. The third-order valence-corrected chi connectivity index (χ3v) is 3.50. The van der Waals surface area contributed by atoms with Gasteiger partial charge in [-0.25, -0.2) is 0 Å². The molecule has 0 saturated heterocycles. The van der Waals surface area contributed by atoms with Gasteiger partial charge in [-0.15, -0.1) is 6.58 Å². The molecule has 1 unspecified atom stereocenters. The van der Waals surface area contributed by atoms with Gasteiger partial charge in [-0.1, -0.05) is 60.5 Å². The van der Waals surface area contributed by atoms with Gasteiger partial charge in [0.1, 0.15) is 5.78 Å². The molecular formula is C18H25BrO. The lowest BCUT2D eigenvalue weighted by Gasteiger charge is -2.16. The Morgan fingerprint density at radius 2 is 1.85 bits per heavy atom. The molecule has 0 saturated carbocycles. The van der Waals surface area contributed by atoms with E-state index in [0.717, 1.165) is 34.9 Å². The number of Topliss-reactive ketones (excluding diaryl/α,β-unsaturated/α-hetero) is 1. The Labute approximate surface area is 131 Å². The lowest BCUT2D eigenvalue weighted by atomic mass is 9.87. The second-order valence-electron chi connectivity index (χ2n) is 4.75. The van der Waals surface area contributed by atoms with Gasteiger partial charge in [0, 0.05) is 10.4 Å². The fourth-order valence-corrected chi connectivity index (χ4v) is 2.16. The maximum atomic E-state index is 11.7. The van der Waals surface area contributed by atoms with E-state index in [1.807, 2.05) is 31.2 Å². The van der Waals surface area contributed by atoms with E-state index >= 15 is 0 Å². The standard InChI is InChI=1S/C15H19BrO.C3H6/c1-4-5-6-15(12(3)17)11(2)13-7-9-14(16)10-8-13;1-3-2/h7-10,15H,2,4-6H2,1,3H3;3H,1H2,2H3. The topological polar surface area (TPSA) is 17.1 Å². The van der Waals surface area contributed by atoms with Gasteiger partial charge in [-0.2, -0.15) is 0 Å². The number of hydrogen-bond donors (Lipinski definition) is 0. The zero-order valence-electron chi connectivity index (χ0n) is 12.8. The van der Waals surface area contributed by atoms with Gasteiger partial charge in [0.2, 0.25) is 0 Å². The van der Waals surface area contributed by atoms with Crippen molar-refractivity contribution in [3.05, 3.63) is 53.5 Å². The number of unbranched alkanes of at least 4 members (excludes halogenated alkanes) is 1. The van der Waals surface area contributed by atoms with Crippen molar-refractivity contribution in [2.45, 2.75) is 40.0 Å². The summed E-state index contributed by atoms with van der Waals surface area (Å²) >= 11 is 3.41. The second-order valence-corrected chi connectivity index (χ2v) is 5.66. The second kappa shape index (κ2) is 10.6. The highest BCUT2D eigenvalue weighted by Crippen LogP contribution is 2.27. The van der Waals surface area contributed by atoms with Gasteiger partial charge in [-0.3, -0.25) is 4.79 Å². The van der Waals surface area contributed by atoms with Crippen molar-refractivity contribution in [2.24, 2.45) is 5.92 Å². The highest BCUT2D eigenvalue weighted by molar-refractivity contribution is 9.10. The number of rotatable bonds is 6. The van der Waals surface area contributed by atoms with E-state index in [1.54, 1.807) is 13.0 Å². The number of carbonyl (C=O) groups is 1. The summed E-state index contributed by atoms with van der Waals surface area (Å²) in [6.45, 7) is 13.1. The molecule has 0 aliphatic carbocycles. The molecule has 0 aliphatic heterocycles. The first-order valence-corrected chi connectivity index (χ1v) is 7.79. The summed E-state index contributed by atoms with van der Waals surface area (Å²) in [6.07, 6.45) is 4.83. The molecule has 0 N–H and O–H groups in total. The molecule has 0 amide bonds. The van der Waals surface area contributed by atoms with Crippen LogP contribution in [0.3, 0.4) is 0 Å². The van der Waals surface area contributed by atoms with Crippen LogP contribution in [0, 0.1) is 5.92 Å². The number of benzene rings is 1. The average Bonchev–Trinajstić information content (AvgIpc) is 2.40. The number of hydrogen-bond acceptors (Lipinski definition) is 1. The van der Waals surface area contributed by atoms with E-state index in [0.29, 0.717) is 0 Å². The molecule has 110 valence electrons. The van der Waals surface area contributed by atoms with Crippen molar-refractivity contribution >= 4 is 27.3 Å². The smallest absolute Gasteiger partial charge is 0.137 e. The molecule has 1 aromatic rings. The van der Waals surface area contributed by atoms with Crippen LogP contribution >= 0.6 is 15.9 Å². The Balaban J connectivity index is 0.00000110. The van der Waals surface area contributed by atoms with E-state index in [2.05, 4.69) is 36.0 Å². The molecule has 0 bridgehead atoms. The van der Waals surface area contributed by atoms with Crippen LogP contribution in [-0.2, 0) is 4.79 Å². The minimum Gasteiger partial charge on any atom is -0.299 e. The molecule has 1 rings (SSSR count). The summed E-state index contributed by atoms with van der Waals surface area (Å²) in [5.41, 5.74) is 2.00. The van der Waals surface area contributed by atoms with Gasteiger partial charge in [-0.05, 0) is 43.5 Å². The quantitative estimate of drug-likeness (QED) is 0.578. The fraction of sp³-hybridized carbons (Fsp3) is 0.389. The van der Waals surface area contributed by atoms with Crippen LogP contribution in [0.4, 0.5) is 0 Å². The molecule has 1 nitrogen and oxygen atoms in total. The third kappa shape index (κ3) is 6.85. The first kappa shape index (κ1) is 18.9. The molecule has 20 heavy (non-hydrogen) atoms. The van der Waals surface area contributed by atoms with Crippen LogP contribution in [-0.4, -0.2) is 5.78 Å². The molecule has 0 spiro atoms. The Hall–Kier alpha value is -1.15. The van der Waals surface area contributed by atoms with Crippen molar-refractivity contribution in [1.82, 2.24) is 0 Å². The number of allylic oxidation sites excluding steroid dienone is 2. The van der Waals surface area contributed by atoms with Gasteiger partial charge < -0.3 is 0 Å². The van der Waals surface area contributed by atoms with Crippen LogP contribution < -0.4 is 0 Å². The minimum atomic E-state index is -0.0314. The van der Waals surface area contributed by atoms with Crippen LogP contribution in [0.2, 0.25) is 0 Å². The minimum absolute atomic E-state index is 0.0314. The molecular weight excluding hydrogens is 312 g/mol. The van der Waals surface area contributed by atoms with Crippen molar-refractivity contribution in [3.63, 3.8) is 0 Å². The third-order valence-electron chi connectivity index (χ3n) is 2.97. The molecule has 0 aliphatic rings. The first-order chi connectivity index (χ1) is 9.47.